The molecule has 0 saturated carbocycles. The maximum atomic E-state index is 12.2. The first-order chi connectivity index (χ1) is 9.76. The van der Waals surface area contributed by atoms with Crippen LogP contribution in [0.3, 0.4) is 0 Å². The van der Waals surface area contributed by atoms with E-state index in [1.807, 2.05) is 0 Å². The average molecular weight is 292 g/mol. The molecule has 0 aliphatic carbocycles. The van der Waals surface area contributed by atoms with Crippen LogP contribution in [0.1, 0.15) is 32.8 Å². The molecule has 1 aliphatic heterocycles. The number of amides is 1. The fraction of sp³-hybridized carbons (Fsp3) is 0.533. The van der Waals surface area contributed by atoms with Gasteiger partial charge in [-0.2, -0.15) is 0 Å². The zero-order valence-corrected chi connectivity index (χ0v) is 12.5. The highest BCUT2D eigenvalue weighted by Crippen LogP contribution is 2.26. The van der Waals surface area contributed by atoms with Gasteiger partial charge in [0, 0.05) is 18.8 Å². The summed E-state index contributed by atoms with van der Waals surface area (Å²) in [6.45, 7) is 5.16. The van der Waals surface area contributed by atoms with Crippen molar-refractivity contribution >= 4 is 17.6 Å². The smallest absolute Gasteiger partial charge is 0.326 e. The van der Waals surface area contributed by atoms with Crippen molar-refractivity contribution in [1.29, 1.82) is 0 Å². The quantitative estimate of drug-likeness (QED) is 0.825. The number of carbonyl (C=O) groups excluding carboxylic acids is 2. The fourth-order valence-corrected chi connectivity index (χ4v) is 2.29. The van der Waals surface area contributed by atoms with Crippen LogP contribution in [-0.2, 0) is 20.7 Å². The van der Waals surface area contributed by atoms with E-state index in [-0.39, 0.29) is 18.9 Å². The highest BCUT2D eigenvalue weighted by Gasteiger charge is 2.29. The van der Waals surface area contributed by atoms with Crippen molar-refractivity contribution < 1.29 is 19.4 Å². The summed E-state index contributed by atoms with van der Waals surface area (Å²) < 4.78 is 5.26. The van der Waals surface area contributed by atoms with Crippen molar-refractivity contribution in [3.63, 3.8) is 0 Å². The molecule has 6 heteroatoms. The van der Waals surface area contributed by atoms with Gasteiger partial charge in [0.1, 0.15) is 12.1 Å². The predicted octanol–water partition coefficient (Wildman–Crippen LogP) is 1.06. The van der Waals surface area contributed by atoms with E-state index in [0.717, 1.165) is 5.56 Å². The second-order valence-corrected chi connectivity index (χ2v) is 6.13. The number of hydrogen-bond acceptors (Lipinski definition) is 5. The van der Waals surface area contributed by atoms with Crippen LogP contribution in [0.5, 0.6) is 0 Å². The molecule has 1 unspecified atom stereocenters. The van der Waals surface area contributed by atoms with Crippen molar-refractivity contribution in [2.75, 3.05) is 11.4 Å². The van der Waals surface area contributed by atoms with Crippen LogP contribution >= 0.6 is 0 Å². The Bertz CT molecular complexity index is 551. The van der Waals surface area contributed by atoms with Crippen LogP contribution in [0.25, 0.3) is 0 Å². The lowest BCUT2D eigenvalue weighted by Crippen LogP contribution is -2.39. The topological polar surface area (TPSA) is 79.7 Å². The summed E-state index contributed by atoms with van der Waals surface area (Å²) in [4.78, 5) is 29.6. The minimum atomic E-state index is -0.760. The number of aliphatic hydroxyl groups excluding tert-OH is 1. The van der Waals surface area contributed by atoms with Crippen molar-refractivity contribution in [3.05, 3.63) is 24.0 Å². The molecule has 6 nitrogen and oxygen atoms in total. The number of hydrogen-bond donors (Lipinski definition) is 1. The molecule has 1 aliphatic rings. The Morgan fingerprint density at radius 3 is 2.86 bits per heavy atom. The van der Waals surface area contributed by atoms with Crippen molar-refractivity contribution in [2.24, 2.45) is 0 Å². The van der Waals surface area contributed by atoms with Crippen LogP contribution in [-0.4, -0.2) is 40.2 Å². The van der Waals surface area contributed by atoms with Crippen LogP contribution in [0, 0.1) is 0 Å². The number of aromatic nitrogens is 1. The number of esters is 1. The Hall–Kier alpha value is -1.95. The van der Waals surface area contributed by atoms with Gasteiger partial charge in [0.15, 0.2) is 0 Å². The summed E-state index contributed by atoms with van der Waals surface area (Å²) in [6.07, 6.45) is 2.74. The number of fused-ring (bicyclic) bond motifs is 1. The third-order valence-corrected chi connectivity index (χ3v) is 3.04. The monoisotopic (exact) mass is 292 g/mol. The number of ether oxygens (including phenoxy) is 1. The van der Waals surface area contributed by atoms with Gasteiger partial charge in [-0.25, -0.2) is 0 Å². The normalized spacial score (nSPS) is 19.0. The molecule has 0 fully saturated rings. The number of aliphatic hydroxyl groups is 1. The number of anilines is 1. The lowest BCUT2D eigenvalue weighted by Gasteiger charge is -2.25. The van der Waals surface area contributed by atoms with Gasteiger partial charge in [-0.1, -0.05) is 0 Å². The summed E-state index contributed by atoms with van der Waals surface area (Å²) in [5.41, 5.74) is 0.754. The Kier molecular flexibility index (Phi) is 4.27. The molecule has 2 rings (SSSR count). The van der Waals surface area contributed by atoms with Gasteiger partial charge in [-0.3, -0.25) is 14.6 Å². The van der Waals surface area contributed by atoms with Crippen LogP contribution in [0.15, 0.2) is 18.5 Å². The lowest BCUT2D eigenvalue weighted by molar-refractivity contribution is -0.153. The van der Waals surface area contributed by atoms with Crippen LogP contribution < -0.4 is 4.90 Å². The molecular weight excluding hydrogens is 272 g/mol. The molecule has 21 heavy (non-hydrogen) atoms. The van der Waals surface area contributed by atoms with Gasteiger partial charge in [-0.05, 0) is 32.4 Å². The Labute approximate surface area is 123 Å². The third-order valence-electron chi connectivity index (χ3n) is 3.04. The van der Waals surface area contributed by atoms with E-state index in [0.29, 0.717) is 12.1 Å². The maximum Gasteiger partial charge on any atom is 0.326 e. The molecule has 1 aromatic heterocycles. The van der Waals surface area contributed by atoms with Crippen molar-refractivity contribution in [2.45, 2.75) is 45.3 Å². The maximum absolute atomic E-state index is 12.2. The third kappa shape index (κ3) is 4.01. The molecule has 0 aromatic carbocycles. The molecule has 1 aromatic rings. The minimum absolute atomic E-state index is 0.0164. The van der Waals surface area contributed by atoms with Gasteiger partial charge in [0.25, 0.3) is 0 Å². The first-order valence-corrected chi connectivity index (χ1v) is 6.89. The predicted molar refractivity (Wildman–Crippen MR) is 76.8 cm³/mol. The molecule has 0 saturated heterocycles. The zero-order chi connectivity index (χ0) is 15.6. The van der Waals surface area contributed by atoms with Crippen LogP contribution in [0.2, 0.25) is 0 Å². The molecule has 114 valence electrons. The van der Waals surface area contributed by atoms with E-state index in [9.17, 15) is 14.7 Å². The first-order valence-electron chi connectivity index (χ1n) is 6.89. The SMILES string of the molecule is CC(C)(C)OC(=O)CN1C(=O)CC(O)Cc2cnccc21. The number of rotatable bonds is 2. The van der Waals surface area contributed by atoms with Gasteiger partial charge in [-0.15, -0.1) is 0 Å². The molecule has 1 amide bonds. The Morgan fingerprint density at radius 1 is 1.48 bits per heavy atom. The van der Waals surface area contributed by atoms with Crippen molar-refractivity contribution in [3.8, 4) is 0 Å². The molecule has 1 N–H and O–H groups in total. The Balaban J connectivity index is 2.25. The van der Waals surface area contributed by atoms with Crippen LogP contribution in [0.4, 0.5) is 5.69 Å². The molecule has 0 radical (unpaired) electrons. The van der Waals surface area contributed by atoms with E-state index in [1.54, 1.807) is 39.2 Å². The summed E-state index contributed by atoms with van der Waals surface area (Å²) in [7, 11) is 0. The second-order valence-electron chi connectivity index (χ2n) is 6.13. The minimum Gasteiger partial charge on any atom is -0.459 e. The van der Waals surface area contributed by atoms with E-state index in [1.165, 1.54) is 4.90 Å². The zero-order valence-electron chi connectivity index (χ0n) is 12.5. The van der Waals surface area contributed by atoms with E-state index < -0.39 is 17.7 Å². The Morgan fingerprint density at radius 2 is 2.19 bits per heavy atom. The molecule has 1 atom stereocenters. The summed E-state index contributed by atoms with van der Waals surface area (Å²) in [5, 5.41) is 9.85. The molecule has 0 spiro atoms. The number of pyridine rings is 1. The molecule has 2 heterocycles. The van der Waals surface area contributed by atoms with Gasteiger partial charge >= 0.3 is 5.97 Å². The summed E-state index contributed by atoms with van der Waals surface area (Å²) in [5.74, 6) is -0.770. The molecule has 0 bridgehead atoms. The van der Waals surface area contributed by atoms with E-state index >= 15 is 0 Å². The largest absolute Gasteiger partial charge is 0.459 e. The highest BCUT2D eigenvalue weighted by molar-refractivity contribution is 5.99. The van der Waals surface area contributed by atoms with Crippen molar-refractivity contribution in [1.82, 2.24) is 4.98 Å². The fourth-order valence-electron chi connectivity index (χ4n) is 2.29. The number of carbonyl (C=O) groups is 2. The lowest BCUT2D eigenvalue weighted by atomic mass is 10.1. The average Bonchev–Trinajstić information content (AvgIpc) is 2.44. The van der Waals surface area contributed by atoms with Gasteiger partial charge in [0.05, 0.1) is 18.2 Å². The van der Waals surface area contributed by atoms with E-state index in [4.69, 9.17) is 4.74 Å². The first kappa shape index (κ1) is 15.4. The second kappa shape index (κ2) is 5.81. The van der Waals surface area contributed by atoms with Gasteiger partial charge < -0.3 is 14.7 Å². The number of nitrogens with zero attached hydrogens (tertiary/aromatic N) is 2. The summed E-state index contributed by atoms with van der Waals surface area (Å²) in [6, 6.07) is 1.68. The highest BCUT2D eigenvalue weighted by atomic mass is 16.6. The molecular formula is C15H20N2O4. The van der Waals surface area contributed by atoms with Gasteiger partial charge in [0.2, 0.25) is 5.91 Å². The summed E-state index contributed by atoms with van der Waals surface area (Å²) >= 11 is 0. The standard InChI is InChI=1S/C15H20N2O4/c1-15(2,3)21-14(20)9-17-12-4-5-16-8-10(12)6-11(18)7-13(17)19/h4-5,8,11,18H,6-7,9H2,1-3H3. The van der Waals surface area contributed by atoms with E-state index in [2.05, 4.69) is 4.98 Å².